The third-order valence-corrected chi connectivity index (χ3v) is 2.27. The zero-order chi connectivity index (χ0) is 7.78. The van der Waals surface area contributed by atoms with Gasteiger partial charge in [0, 0.05) is 11.9 Å². The predicted octanol–water partition coefficient (Wildman–Crippen LogP) is -0.0295. The Kier molecular flexibility index (Phi) is 1.53. The van der Waals surface area contributed by atoms with Crippen LogP contribution in [0.5, 0.6) is 0 Å². The van der Waals surface area contributed by atoms with Gasteiger partial charge in [0.15, 0.2) is 0 Å². The van der Waals surface area contributed by atoms with Gasteiger partial charge < -0.3 is 4.98 Å². The Labute approximate surface area is 59.1 Å². The number of nitrogens with one attached hydrogen (secondary N) is 1. The minimum Gasteiger partial charge on any atom is -0.364 e. The molecule has 0 aromatic carbocycles. The van der Waals surface area contributed by atoms with E-state index in [0.717, 1.165) is 0 Å². The van der Waals surface area contributed by atoms with E-state index in [2.05, 4.69) is 4.98 Å². The molecule has 0 bridgehead atoms. The lowest BCUT2D eigenvalue weighted by Crippen LogP contribution is -2.12. The van der Waals surface area contributed by atoms with Crippen molar-refractivity contribution in [1.82, 2.24) is 4.98 Å². The molecular weight excluding hydrogens is 152 g/mol. The molecule has 10 heavy (non-hydrogen) atoms. The Morgan fingerprint density at radius 1 is 1.60 bits per heavy atom. The zero-order valence-corrected chi connectivity index (χ0v) is 6.27. The molecule has 1 heterocycles. The van der Waals surface area contributed by atoms with Crippen LogP contribution in [0.1, 0.15) is 5.69 Å². The molecule has 0 amide bonds. The standard InChI is InChI=1S/C5H8N2O2S/c1-4-5(2-3-7-4)10(6,8)9/h2-3,7H,1H3,(H2,6,8,9). The largest absolute Gasteiger partial charge is 0.364 e. The minimum atomic E-state index is -3.52. The lowest BCUT2D eigenvalue weighted by atomic mass is 10.5. The lowest BCUT2D eigenvalue weighted by molar-refractivity contribution is 0.597. The van der Waals surface area contributed by atoms with E-state index in [-0.39, 0.29) is 4.90 Å². The molecule has 0 aliphatic carbocycles. The summed E-state index contributed by atoms with van der Waals surface area (Å²) in [6, 6.07) is 1.44. The lowest BCUT2D eigenvalue weighted by Gasteiger charge is -1.92. The molecule has 0 atom stereocenters. The SMILES string of the molecule is Cc1[nH]ccc1S(N)(=O)=O. The summed E-state index contributed by atoms with van der Waals surface area (Å²) in [6.45, 7) is 1.65. The second-order valence-electron chi connectivity index (χ2n) is 2.01. The number of hydrogen-bond acceptors (Lipinski definition) is 2. The van der Waals surface area contributed by atoms with Gasteiger partial charge >= 0.3 is 0 Å². The van der Waals surface area contributed by atoms with E-state index in [0.29, 0.717) is 5.69 Å². The molecule has 0 fully saturated rings. The second-order valence-corrected chi connectivity index (χ2v) is 3.54. The first-order valence-electron chi connectivity index (χ1n) is 2.68. The number of hydrogen-bond donors (Lipinski definition) is 2. The first kappa shape index (κ1) is 7.30. The van der Waals surface area contributed by atoms with Gasteiger partial charge in [-0.15, -0.1) is 0 Å². The number of nitrogens with two attached hydrogens (primary N) is 1. The van der Waals surface area contributed by atoms with Gasteiger partial charge in [-0.25, -0.2) is 13.6 Å². The summed E-state index contributed by atoms with van der Waals surface area (Å²) < 4.78 is 21.3. The van der Waals surface area contributed by atoms with E-state index in [1.165, 1.54) is 12.3 Å². The highest BCUT2D eigenvalue weighted by atomic mass is 32.2. The first-order chi connectivity index (χ1) is 4.52. The summed E-state index contributed by atoms with van der Waals surface area (Å²) in [6.07, 6.45) is 1.54. The van der Waals surface area contributed by atoms with Crippen LogP contribution in [0.15, 0.2) is 17.2 Å². The van der Waals surface area contributed by atoms with E-state index in [1.807, 2.05) is 0 Å². The molecule has 0 radical (unpaired) electrons. The van der Waals surface area contributed by atoms with Crippen LogP contribution in [-0.4, -0.2) is 13.4 Å². The smallest absolute Gasteiger partial charge is 0.239 e. The van der Waals surface area contributed by atoms with Crippen LogP contribution < -0.4 is 5.14 Å². The Balaban J connectivity index is 3.32. The summed E-state index contributed by atoms with van der Waals surface area (Å²) >= 11 is 0. The van der Waals surface area contributed by atoms with Gasteiger partial charge in [-0.2, -0.15) is 0 Å². The van der Waals surface area contributed by atoms with E-state index < -0.39 is 10.0 Å². The summed E-state index contributed by atoms with van der Waals surface area (Å²) in [5.41, 5.74) is 0.572. The molecule has 1 aromatic rings. The highest BCUT2D eigenvalue weighted by Gasteiger charge is 2.10. The minimum absolute atomic E-state index is 0.160. The fourth-order valence-corrected chi connectivity index (χ4v) is 1.49. The van der Waals surface area contributed by atoms with Crippen molar-refractivity contribution in [3.63, 3.8) is 0 Å². The van der Waals surface area contributed by atoms with E-state index in [4.69, 9.17) is 5.14 Å². The van der Waals surface area contributed by atoms with Crippen LogP contribution in [0.25, 0.3) is 0 Å². The molecule has 0 unspecified atom stereocenters. The molecular formula is C5H8N2O2S. The van der Waals surface area contributed by atoms with Gasteiger partial charge in [0.1, 0.15) is 4.90 Å². The van der Waals surface area contributed by atoms with E-state index in [9.17, 15) is 8.42 Å². The quantitative estimate of drug-likeness (QED) is 0.605. The fraction of sp³-hybridized carbons (Fsp3) is 0.200. The number of H-pyrrole nitrogens is 1. The van der Waals surface area contributed by atoms with Crippen molar-refractivity contribution in [3.05, 3.63) is 18.0 Å². The van der Waals surface area contributed by atoms with Gasteiger partial charge in [-0.1, -0.05) is 0 Å². The summed E-state index contributed by atoms with van der Waals surface area (Å²) in [5, 5.41) is 4.85. The molecule has 0 spiro atoms. The average molecular weight is 160 g/mol. The fourth-order valence-electron chi connectivity index (χ4n) is 0.747. The number of aromatic amines is 1. The van der Waals surface area contributed by atoms with Crippen molar-refractivity contribution >= 4 is 10.0 Å². The van der Waals surface area contributed by atoms with E-state index in [1.54, 1.807) is 6.92 Å². The van der Waals surface area contributed by atoms with Crippen LogP contribution in [0.4, 0.5) is 0 Å². The maximum absolute atomic E-state index is 10.7. The van der Waals surface area contributed by atoms with Gasteiger partial charge in [-0.05, 0) is 13.0 Å². The molecule has 1 aromatic heterocycles. The van der Waals surface area contributed by atoms with Crippen molar-refractivity contribution in [1.29, 1.82) is 0 Å². The highest BCUT2D eigenvalue weighted by Crippen LogP contribution is 2.09. The second kappa shape index (κ2) is 2.10. The molecule has 1 rings (SSSR count). The number of primary sulfonamides is 1. The topological polar surface area (TPSA) is 76.0 Å². The Bertz CT molecular complexity index is 325. The normalized spacial score (nSPS) is 11.8. The molecule has 56 valence electrons. The Morgan fingerprint density at radius 2 is 2.20 bits per heavy atom. The van der Waals surface area contributed by atoms with Gasteiger partial charge in [0.2, 0.25) is 10.0 Å². The van der Waals surface area contributed by atoms with Crippen molar-refractivity contribution in [3.8, 4) is 0 Å². The van der Waals surface area contributed by atoms with Crippen molar-refractivity contribution in [2.75, 3.05) is 0 Å². The number of sulfonamides is 1. The number of aryl methyl sites for hydroxylation is 1. The average Bonchev–Trinajstić information content (AvgIpc) is 2.11. The molecule has 0 saturated heterocycles. The third kappa shape index (κ3) is 1.19. The van der Waals surface area contributed by atoms with Crippen molar-refractivity contribution in [2.45, 2.75) is 11.8 Å². The number of rotatable bonds is 1. The van der Waals surface area contributed by atoms with Crippen molar-refractivity contribution in [2.24, 2.45) is 5.14 Å². The molecule has 0 aliphatic rings. The molecule has 0 aliphatic heterocycles. The van der Waals surface area contributed by atoms with Crippen molar-refractivity contribution < 1.29 is 8.42 Å². The monoisotopic (exact) mass is 160 g/mol. The summed E-state index contributed by atoms with van der Waals surface area (Å²) in [4.78, 5) is 2.88. The maximum Gasteiger partial charge on any atom is 0.239 e. The predicted molar refractivity (Wildman–Crippen MR) is 36.9 cm³/mol. The van der Waals surface area contributed by atoms with E-state index >= 15 is 0 Å². The van der Waals surface area contributed by atoms with Crippen LogP contribution in [0.2, 0.25) is 0 Å². The zero-order valence-electron chi connectivity index (χ0n) is 5.46. The van der Waals surface area contributed by atoms with Crippen LogP contribution in [0, 0.1) is 6.92 Å². The van der Waals surface area contributed by atoms with Gasteiger partial charge in [-0.3, -0.25) is 0 Å². The molecule has 3 N–H and O–H groups in total. The molecule has 4 nitrogen and oxygen atoms in total. The summed E-state index contributed by atoms with van der Waals surface area (Å²) in [7, 11) is -3.52. The van der Waals surface area contributed by atoms with Gasteiger partial charge in [0.05, 0.1) is 0 Å². The Hall–Kier alpha value is -0.810. The molecule has 5 heteroatoms. The summed E-state index contributed by atoms with van der Waals surface area (Å²) in [5.74, 6) is 0. The third-order valence-electron chi connectivity index (χ3n) is 1.21. The van der Waals surface area contributed by atoms with Gasteiger partial charge in [0.25, 0.3) is 0 Å². The van der Waals surface area contributed by atoms with Crippen LogP contribution in [-0.2, 0) is 10.0 Å². The molecule has 0 saturated carbocycles. The van der Waals surface area contributed by atoms with Crippen LogP contribution >= 0.6 is 0 Å². The Morgan fingerprint density at radius 3 is 2.40 bits per heavy atom. The maximum atomic E-state index is 10.7. The number of aromatic nitrogens is 1. The highest BCUT2D eigenvalue weighted by molar-refractivity contribution is 7.89. The van der Waals surface area contributed by atoms with Crippen LogP contribution in [0.3, 0.4) is 0 Å². The first-order valence-corrected chi connectivity index (χ1v) is 4.23.